The molecule has 0 spiro atoms. The van der Waals surface area contributed by atoms with Gasteiger partial charge in [-0.1, -0.05) is 37.3 Å². The van der Waals surface area contributed by atoms with Crippen molar-refractivity contribution in [2.45, 2.75) is 25.9 Å². The lowest BCUT2D eigenvalue weighted by Crippen LogP contribution is -2.47. The average Bonchev–Trinajstić information content (AvgIpc) is 2.45. The number of benzene rings is 1. The summed E-state index contributed by atoms with van der Waals surface area (Å²) in [7, 11) is 3.31. The molecular weight excluding hydrogens is 254 g/mol. The molecule has 0 saturated heterocycles. The molecule has 3 N–H and O–H groups in total. The van der Waals surface area contributed by atoms with Crippen LogP contribution in [0.1, 0.15) is 25.5 Å². The second-order valence-electron chi connectivity index (χ2n) is 5.19. The van der Waals surface area contributed by atoms with Gasteiger partial charge in [0.25, 0.3) is 0 Å². The average molecular weight is 277 g/mol. The summed E-state index contributed by atoms with van der Waals surface area (Å²) in [5.41, 5.74) is 7.00. The zero-order chi connectivity index (χ0) is 15.3. The summed E-state index contributed by atoms with van der Waals surface area (Å²) in [6.07, 6.45) is 0. The van der Waals surface area contributed by atoms with Crippen molar-refractivity contribution in [3.63, 3.8) is 0 Å². The minimum absolute atomic E-state index is 0.140. The van der Waals surface area contributed by atoms with E-state index in [0.717, 1.165) is 5.56 Å². The van der Waals surface area contributed by atoms with E-state index < -0.39 is 18.0 Å². The number of likely N-dealkylation sites (N-methyl/N-ethyl adjacent to an activating group) is 1. The van der Waals surface area contributed by atoms with Crippen molar-refractivity contribution in [1.29, 1.82) is 0 Å². The third-order valence-electron chi connectivity index (χ3n) is 3.31. The number of amides is 2. The Labute approximate surface area is 120 Å². The van der Waals surface area contributed by atoms with Gasteiger partial charge in [-0.2, -0.15) is 0 Å². The van der Waals surface area contributed by atoms with Gasteiger partial charge >= 0.3 is 0 Å². The van der Waals surface area contributed by atoms with Crippen molar-refractivity contribution in [3.8, 4) is 0 Å². The molecule has 0 bridgehead atoms. The van der Waals surface area contributed by atoms with Crippen LogP contribution in [0.3, 0.4) is 0 Å². The molecule has 0 aromatic heterocycles. The Morgan fingerprint density at radius 3 is 2.20 bits per heavy atom. The number of nitrogens with zero attached hydrogens (tertiary/aromatic N) is 1. The fourth-order valence-electron chi connectivity index (χ4n) is 1.92. The fourth-order valence-corrected chi connectivity index (χ4v) is 1.92. The minimum Gasteiger partial charge on any atom is -0.347 e. The lowest BCUT2D eigenvalue weighted by molar-refractivity contribution is -0.135. The van der Waals surface area contributed by atoms with Crippen molar-refractivity contribution >= 4 is 11.8 Å². The molecule has 0 saturated carbocycles. The van der Waals surface area contributed by atoms with Crippen LogP contribution in [0.25, 0.3) is 0 Å². The Kier molecular flexibility index (Phi) is 5.70. The van der Waals surface area contributed by atoms with Crippen LogP contribution in [-0.4, -0.2) is 36.9 Å². The van der Waals surface area contributed by atoms with Gasteiger partial charge in [-0.15, -0.1) is 0 Å². The van der Waals surface area contributed by atoms with E-state index in [1.54, 1.807) is 27.9 Å². The highest BCUT2D eigenvalue weighted by atomic mass is 16.2. The van der Waals surface area contributed by atoms with Crippen LogP contribution in [0.15, 0.2) is 30.3 Å². The standard InChI is InChI=1S/C15H23N3O2/c1-10(13(16)12-8-6-5-7-9-12)14(19)17-11(2)15(20)18(3)4/h5-11,13H,16H2,1-4H3,(H,17,19). The summed E-state index contributed by atoms with van der Waals surface area (Å²) >= 11 is 0. The summed E-state index contributed by atoms with van der Waals surface area (Å²) in [5.74, 6) is -0.766. The maximum absolute atomic E-state index is 12.1. The topological polar surface area (TPSA) is 75.4 Å². The minimum atomic E-state index is -0.553. The summed E-state index contributed by atoms with van der Waals surface area (Å²) < 4.78 is 0. The molecular formula is C15H23N3O2. The first-order chi connectivity index (χ1) is 9.34. The fraction of sp³-hybridized carbons (Fsp3) is 0.467. The normalized spacial score (nSPS) is 15.1. The van der Waals surface area contributed by atoms with Gasteiger partial charge in [-0.3, -0.25) is 9.59 Å². The molecule has 0 fully saturated rings. The lowest BCUT2D eigenvalue weighted by Gasteiger charge is -2.23. The van der Waals surface area contributed by atoms with E-state index in [2.05, 4.69) is 5.32 Å². The second kappa shape index (κ2) is 7.05. The number of hydrogen-bond acceptors (Lipinski definition) is 3. The summed E-state index contributed by atoms with van der Waals surface area (Å²) in [6.45, 7) is 3.43. The van der Waals surface area contributed by atoms with Gasteiger partial charge in [0, 0.05) is 20.1 Å². The van der Waals surface area contributed by atoms with E-state index >= 15 is 0 Å². The second-order valence-corrected chi connectivity index (χ2v) is 5.19. The van der Waals surface area contributed by atoms with Crippen LogP contribution in [0.4, 0.5) is 0 Å². The van der Waals surface area contributed by atoms with Crippen LogP contribution in [0.5, 0.6) is 0 Å². The molecule has 110 valence electrons. The molecule has 3 atom stereocenters. The van der Waals surface area contributed by atoms with Gasteiger partial charge in [0.1, 0.15) is 6.04 Å². The van der Waals surface area contributed by atoms with E-state index in [1.165, 1.54) is 4.90 Å². The highest BCUT2D eigenvalue weighted by molar-refractivity contribution is 5.88. The summed E-state index contributed by atoms with van der Waals surface area (Å²) in [5, 5.41) is 2.70. The molecule has 0 aliphatic rings. The molecule has 20 heavy (non-hydrogen) atoms. The number of rotatable bonds is 5. The summed E-state index contributed by atoms with van der Waals surface area (Å²) in [6, 6.07) is 8.52. The molecule has 0 aliphatic carbocycles. The first-order valence-electron chi connectivity index (χ1n) is 6.66. The van der Waals surface area contributed by atoms with Gasteiger partial charge in [0.15, 0.2) is 0 Å². The van der Waals surface area contributed by atoms with Crippen LogP contribution < -0.4 is 11.1 Å². The molecule has 0 aliphatic heterocycles. The van der Waals surface area contributed by atoms with Gasteiger partial charge in [0.05, 0.1) is 5.92 Å². The predicted molar refractivity (Wildman–Crippen MR) is 78.8 cm³/mol. The zero-order valence-electron chi connectivity index (χ0n) is 12.5. The number of hydrogen-bond donors (Lipinski definition) is 2. The first-order valence-corrected chi connectivity index (χ1v) is 6.66. The summed E-state index contributed by atoms with van der Waals surface area (Å²) in [4.78, 5) is 25.3. The van der Waals surface area contributed by atoms with E-state index in [1.807, 2.05) is 30.3 Å². The van der Waals surface area contributed by atoms with Gasteiger partial charge in [-0.05, 0) is 12.5 Å². The molecule has 1 aromatic carbocycles. The largest absolute Gasteiger partial charge is 0.347 e. The molecule has 5 nitrogen and oxygen atoms in total. The molecule has 2 amide bonds. The van der Waals surface area contributed by atoms with Gasteiger partial charge in [-0.25, -0.2) is 0 Å². The number of carbonyl (C=O) groups is 2. The molecule has 0 heterocycles. The zero-order valence-corrected chi connectivity index (χ0v) is 12.5. The monoisotopic (exact) mass is 277 g/mol. The Balaban J connectivity index is 2.66. The van der Waals surface area contributed by atoms with Crippen molar-refractivity contribution in [2.75, 3.05) is 14.1 Å². The Morgan fingerprint density at radius 1 is 1.15 bits per heavy atom. The van der Waals surface area contributed by atoms with Crippen molar-refractivity contribution in [2.24, 2.45) is 11.7 Å². The third-order valence-corrected chi connectivity index (χ3v) is 3.31. The predicted octanol–water partition coefficient (Wildman–Crippen LogP) is 0.915. The number of nitrogens with one attached hydrogen (secondary N) is 1. The highest BCUT2D eigenvalue weighted by Gasteiger charge is 2.25. The van der Waals surface area contributed by atoms with Crippen molar-refractivity contribution < 1.29 is 9.59 Å². The Bertz CT molecular complexity index is 459. The van der Waals surface area contributed by atoms with Crippen molar-refractivity contribution in [3.05, 3.63) is 35.9 Å². The Hall–Kier alpha value is -1.88. The van der Waals surface area contributed by atoms with Crippen LogP contribution >= 0.6 is 0 Å². The third kappa shape index (κ3) is 4.06. The Morgan fingerprint density at radius 2 is 1.70 bits per heavy atom. The maximum atomic E-state index is 12.1. The van der Waals surface area contributed by atoms with Crippen LogP contribution in [0, 0.1) is 5.92 Å². The molecule has 5 heteroatoms. The van der Waals surface area contributed by atoms with Gasteiger partial charge in [0.2, 0.25) is 11.8 Å². The SMILES string of the molecule is CC(NC(=O)C(C)C(N)c1ccccc1)C(=O)N(C)C. The molecule has 0 radical (unpaired) electrons. The van der Waals surface area contributed by atoms with E-state index in [4.69, 9.17) is 5.73 Å². The smallest absolute Gasteiger partial charge is 0.244 e. The highest BCUT2D eigenvalue weighted by Crippen LogP contribution is 2.19. The van der Waals surface area contributed by atoms with E-state index in [-0.39, 0.29) is 11.8 Å². The maximum Gasteiger partial charge on any atom is 0.244 e. The van der Waals surface area contributed by atoms with E-state index in [9.17, 15) is 9.59 Å². The number of carbonyl (C=O) groups excluding carboxylic acids is 2. The quantitative estimate of drug-likeness (QED) is 0.840. The number of nitrogens with two attached hydrogens (primary N) is 1. The van der Waals surface area contributed by atoms with E-state index in [0.29, 0.717) is 0 Å². The first kappa shape index (κ1) is 16.2. The molecule has 1 aromatic rings. The molecule has 3 unspecified atom stereocenters. The van der Waals surface area contributed by atoms with Gasteiger partial charge < -0.3 is 16.0 Å². The van der Waals surface area contributed by atoms with Crippen LogP contribution in [0.2, 0.25) is 0 Å². The van der Waals surface area contributed by atoms with Crippen molar-refractivity contribution in [1.82, 2.24) is 10.2 Å². The molecule has 1 rings (SSSR count). The van der Waals surface area contributed by atoms with Crippen LogP contribution in [-0.2, 0) is 9.59 Å². The lowest BCUT2D eigenvalue weighted by atomic mass is 9.94.